The van der Waals surface area contributed by atoms with Gasteiger partial charge < -0.3 is 4.57 Å². The molecule has 1 unspecified atom stereocenters. The SMILES string of the molecule is O=C(/C=C/c1ccc(C2CCCN2CCn2ccnc2)cc1)NO. The molecule has 2 heterocycles. The van der Waals surface area contributed by atoms with E-state index in [1.807, 2.05) is 30.9 Å². The average molecular weight is 326 g/mol. The number of benzene rings is 1. The molecule has 24 heavy (non-hydrogen) atoms. The minimum Gasteiger partial charge on any atom is -0.336 e. The molecule has 2 aromatic rings. The van der Waals surface area contributed by atoms with Gasteiger partial charge in [0.05, 0.1) is 6.33 Å². The molecule has 6 heteroatoms. The average Bonchev–Trinajstić information content (AvgIpc) is 3.29. The second-order valence-electron chi connectivity index (χ2n) is 5.97. The molecule has 2 N–H and O–H groups in total. The van der Waals surface area contributed by atoms with Crippen LogP contribution in [0.5, 0.6) is 0 Å². The van der Waals surface area contributed by atoms with Crippen molar-refractivity contribution in [3.8, 4) is 0 Å². The minimum absolute atomic E-state index is 0.451. The first-order valence-electron chi connectivity index (χ1n) is 8.18. The number of rotatable bonds is 6. The predicted molar refractivity (Wildman–Crippen MR) is 91.2 cm³/mol. The summed E-state index contributed by atoms with van der Waals surface area (Å²) in [5, 5.41) is 8.49. The number of likely N-dealkylation sites (tertiary alicyclic amines) is 1. The van der Waals surface area contributed by atoms with E-state index in [2.05, 4.69) is 26.6 Å². The smallest absolute Gasteiger partial charge is 0.267 e. The van der Waals surface area contributed by atoms with Crippen LogP contribution in [-0.4, -0.2) is 38.7 Å². The number of nitrogens with zero attached hydrogens (tertiary/aromatic N) is 3. The van der Waals surface area contributed by atoms with E-state index in [1.165, 1.54) is 24.5 Å². The van der Waals surface area contributed by atoms with E-state index in [0.29, 0.717) is 6.04 Å². The van der Waals surface area contributed by atoms with E-state index in [9.17, 15) is 4.79 Å². The third-order valence-electron chi connectivity index (χ3n) is 4.43. The Morgan fingerprint density at radius 3 is 2.88 bits per heavy atom. The molecular formula is C18H22N4O2. The van der Waals surface area contributed by atoms with Crippen molar-refractivity contribution in [2.75, 3.05) is 13.1 Å². The highest BCUT2D eigenvalue weighted by Crippen LogP contribution is 2.31. The van der Waals surface area contributed by atoms with Gasteiger partial charge in [-0.15, -0.1) is 0 Å². The minimum atomic E-state index is -0.527. The summed E-state index contributed by atoms with van der Waals surface area (Å²) in [4.78, 5) is 17.6. The molecule has 0 bridgehead atoms. The maximum atomic E-state index is 11.0. The molecule has 0 radical (unpaired) electrons. The molecule has 1 amide bonds. The van der Waals surface area contributed by atoms with Gasteiger partial charge in [0.15, 0.2) is 0 Å². The normalized spacial score (nSPS) is 18.3. The van der Waals surface area contributed by atoms with Crippen molar-refractivity contribution in [2.24, 2.45) is 0 Å². The van der Waals surface area contributed by atoms with Gasteiger partial charge in [0.1, 0.15) is 0 Å². The summed E-state index contributed by atoms with van der Waals surface area (Å²) in [6.07, 6.45) is 11.0. The van der Waals surface area contributed by atoms with E-state index in [4.69, 9.17) is 5.21 Å². The number of hydrogen-bond acceptors (Lipinski definition) is 4. The molecule has 1 fully saturated rings. The molecule has 1 aliphatic heterocycles. The second kappa shape index (κ2) is 7.90. The predicted octanol–water partition coefficient (Wildman–Crippen LogP) is 2.24. The summed E-state index contributed by atoms with van der Waals surface area (Å²) in [6.45, 7) is 3.09. The number of hydroxylamine groups is 1. The Balaban J connectivity index is 1.62. The lowest BCUT2D eigenvalue weighted by molar-refractivity contribution is -0.124. The molecule has 0 aliphatic carbocycles. The van der Waals surface area contributed by atoms with Crippen LogP contribution in [0.2, 0.25) is 0 Å². The molecule has 1 saturated heterocycles. The zero-order valence-electron chi connectivity index (χ0n) is 13.5. The van der Waals surface area contributed by atoms with Crippen molar-refractivity contribution < 1.29 is 10.0 Å². The van der Waals surface area contributed by atoms with Crippen molar-refractivity contribution in [1.29, 1.82) is 0 Å². The molecule has 1 aromatic heterocycles. The number of amides is 1. The summed E-state index contributed by atoms with van der Waals surface area (Å²) in [5.41, 5.74) is 3.83. The van der Waals surface area contributed by atoms with Crippen molar-refractivity contribution in [3.05, 3.63) is 60.2 Å². The van der Waals surface area contributed by atoms with Crippen molar-refractivity contribution >= 4 is 12.0 Å². The van der Waals surface area contributed by atoms with Crippen LogP contribution in [0.1, 0.15) is 30.0 Å². The zero-order chi connectivity index (χ0) is 16.8. The monoisotopic (exact) mass is 326 g/mol. The highest BCUT2D eigenvalue weighted by molar-refractivity contribution is 5.90. The van der Waals surface area contributed by atoms with E-state index < -0.39 is 5.91 Å². The molecule has 1 aromatic carbocycles. The number of imidazole rings is 1. The van der Waals surface area contributed by atoms with Crippen LogP contribution in [0.3, 0.4) is 0 Å². The molecular weight excluding hydrogens is 304 g/mol. The van der Waals surface area contributed by atoms with Gasteiger partial charge in [0, 0.05) is 37.6 Å². The molecule has 1 aliphatic rings. The molecule has 0 saturated carbocycles. The van der Waals surface area contributed by atoms with Crippen LogP contribution in [0, 0.1) is 0 Å². The number of carbonyl (C=O) groups is 1. The van der Waals surface area contributed by atoms with Gasteiger partial charge in [-0.25, -0.2) is 10.5 Å². The molecule has 126 valence electrons. The number of carbonyl (C=O) groups excluding carboxylic acids is 1. The fraction of sp³-hybridized carbons (Fsp3) is 0.333. The Hall–Kier alpha value is -2.44. The van der Waals surface area contributed by atoms with Gasteiger partial charge in [-0.1, -0.05) is 24.3 Å². The summed E-state index contributed by atoms with van der Waals surface area (Å²) in [5.74, 6) is -0.527. The largest absolute Gasteiger partial charge is 0.336 e. The first kappa shape index (κ1) is 16.4. The highest BCUT2D eigenvalue weighted by Gasteiger charge is 2.25. The van der Waals surface area contributed by atoms with Crippen LogP contribution < -0.4 is 5.48 Å². The first-order chi connectivity index (χ1) is 11.8. The number of hydrogen-bond donors (Lipinski definition) is 2. The summed E-state index contributed by atoms with van der Waals surface area (Å²) in [6, 6.07) is 8.70. The second-order valence-corrected chi connectivity index (χ2v) is 5.97. The standard InChI is InChI=1S/C18H22N4O2/c23-18(20-24)8-5-15-3-6-16(7-4-15)17-2-1-10-22(17)13-12-21-11-9-19-14-21/h3-9,11,14,17,24H,1-2,10,12-13H2,(H,20,23)/b8-5+. The van der Waals surface area contributed by atoms with Crippen LogP contribution >= 0.6 is 0 Å². The number of aromatic nitrogens is 2. The molecule has 6 nitrogen and oxygen atoms in total. The fourth-order valence-corrected chi connectivity index (χ4v) is 3.17. The third kappa shape index (κ3) is 4.10. The van der Waals surface area contributed by atoms with Crippen LogP contribution in [0.25, 0.3) is 6.08 Å². The Morgan fingerprint density at radius 2 is 2.17 bits per heavy atom. The van der Waals surface area contributed by atoms with E-state index in [0.717, 1.165) is 25.2 Å². The maximum Gasteiger partial charge on any atom is 0.267 e. The van der Waals surface area contributed by atoms with Gasteiger partial charge in [-0.3, -0.25) is 14.9 Å². The first-order valence-corrected chi connectivity index (χ1v) is 8.18. The topological polar surface area (TPSA) is 70.4 Å². The third-order valence-corrected chi connectivity index (χ3v) is 4.43. The van der Waals surface area contributed by atoms with E-state index >= 15 is 0 Å². The summed E-state index contributed by atoms with van der Waals surface area (Å²) in [7, 11) is 0. The van der Waals surface area contributed by atoms with Crippen LogP contribution in [0.4, 0.5) is 0 Å². The lowest BCUT2D eigenvalue weighted by Gasteiger charge is -2.25. The maximum absolute atomic E-state index is 11.0. The Kier molecular flexibility index (Phi) is 5.40. The van der Waals surface area contributed by atoms with E-state index in [1.54, 1.807) is 11.6 Å². The van der Waals surface area contributed by atoms with Gasteiger partial charge in [-0.2, -0.15) is 0 Å². The Morgan fingerprint density at radius 1 is 1.33 bits per heavy atom. The van der Waals surface area contributed by atoms with Gasteiger partial charge in [0.25, 0.3) is 5.91 Å². The highest BCUT2D eigenvalue weighted by atomic mass is 16.5. The zero-order valence-corrected chi connectivity index (χ0v) is 13.5. The quantitative estimate of drug-likeness (QED) is 0.485. The van der Waals surface area contributed by atoms with Crippen molar-refractivity contribution in [1.82, 2.24) is 19.9 Å². The van der Waals surface area contributed by atoms with Crippen LogP contribution in [-0.2, 0) is 11.3 Å². The van der Waals surface area contributed by atoms with Gasteiger partial charge in [0.2, 0.25) is 0 Å². The van der Waals surface area contributed by atoms with Gasteiger partial charge >= 0.3 is 0 Å². The van der Waals surface area contributed by atoms with E-state index in [-0.39, 0.29) is 0 Å². The fourth-order valence-electron chi connectivity index (χ4n) is 3.17. The molecule has 1 atom stereocenters. The lowest BCUT2D eigenvalue weighted by Crippen LogP contribution is -2.27. The Labute approximate surface area is 141 Å². The molecule has 3 rings (SSSR count). The molecule has 0 spiro atoms. The van der Waals surface area contributed by atoms with Crippen molar-refractivity contribution in [3.63, 3.8) is 0 Å². The Bertz CT molecular complexity index is 680. The summed E-state index contributed by atoms with van der Waals surface area (Å²) >= 11 is 0. The number of nitrogens with one attached hydrogen (secondary N) is 1. The summed E-state index contributed by atoms with van der Waals surface area (Å²) < 4.78 is 2.11. The lowest BCUT2D eigenvalue weighted by atomic mass is 10.0. The van der Waals surface area contributed by atoms with Crippen molar-refractivity contribution in [2.45, 2.75) is 25.4 Å². The van der Waals surface area contributed by atoms with Crippen LogP contribution in [0.15, 0.2) is 49.1 Å². The van der Waals surface area contributed by atoms with Gasteiger partial charge in [-0.05, 0) is 36.6 Å².